The second kappa shape index (κ2) is 9.93. The predicted octanol–water partition coefficient (Wildman–Crippen LogP) is 8.15. The quantitative estimate of drug-likeness (QED) is 0.187. The van der Waals surface area contributed by atoms with Crippen LogP contribution in [0.5, 0.6) is 0 Å². The lowest BCUT2D eigenvalue weighted by Crippen LogP contribution is -2.22. The summed E-state index contributed by atoms with van der Waals surface area (Å²) in [5.41, 5.74) is 3.41. The number of hydrogen-bond donors (Lipinski definition) is 0. The van der Waals surface area contributed by atoms with Crippen molar-refractivity contribution in [3.05, 3.63) is 33.1 Å². The van der Waals surface area contributed by atoms with Gasteiger partial charge in [0.1, 0.15) is 0 Å². The molecule has 4 heteroatoms. The molecule has 3 aliphatic rings. The molecule has 0 saturated carbocycles. The van der Waals surface area contributed by atoms with Gasteiger partial charge < -0.3 is 0 Å². The van der Waals surface area contributed by atoms with Crippen LogP contribution in [0.1, 0.15) is 64.2 Å². The van der Waals surface area contributed by atoms with Gasteiger partial charge in [-0.2, -0.15) is 0 Å². The average Bonchev–Trinajstić information content (AvgIpc) is 3.31. The Morgan fingerprint density at radius 3 is 1.56 bits per heavy atom. The minimum atomic E-state index is 0.250. The van der Waals surface area contributed by atoms with Crippen molar-refractivity contribution < 1.29 is 0 Å². The van der Waals surface area contributed by atoms with Crippen molar-refractivity contribution in [3.63, 3.8) is 0 Å². The van der Waals surface area contributed by atoms with Crippen LogP contribution in [0.2, 0.25) is 0 Å². The average molecular weight is 502 g/mol. The maximum atomic E-state index is 3.56. The van der Waals surface area contributed by atoms with Crippen LogP contribution in [-0.4, -0.2) is 10.7 Å². The van der Waals surface area contributed by atoms with Gasteiger partial charge in [0, 0.05) is 16.1 Å². The summed E-state index contributed by atoms with van der Waals surface area (Å²) in [4.78, 5) is 2.98. The van der Waals surface area contributed by atoms with Gasteiger partial charge in [0.15, 0.2) is 0 Å². The third kappa shape index (κ3) is 4.37. The van der Waals surface area contributed by atoms with E-state index in [4.69, 9.17) is 0 Å². The molecule has 0 N–H and O–H groups in total. The summed E-state index contributed by atoms with van der Waals surface area (Å²) in [6, 6.07) is 0. The molecule has 0 nitrogen and oxygen atoms in total. The van der Waals surface area contributed by atoms with E-state index in [-0.39, 0.29) is 5.41 Å². The van der Waals surface area contributed by atoms with Crippen LogP contribution in [0.15, 0.2) is 33.1 Å². The van der Waals surface area contributed by atoms with E-state index in [9.17, 15) is 0 Å². The number of unbranched alkanes of at least 4 members (excludes halogenated alkanes) is 6. The fourth-order valence-corrected chi connectivity index (χ4v) is 6.91. The van der Waals surface area contributed by atoms with Crippen LogP contribution in [0.25, 0.3) is 0 Å². The van der Waals surface area contributed by atoms with Crippen molar-refractivity contribution >= 4 is 54.2 Å². The molecule has 0 bridgehead atoms. The molecule has 3 rings (SSSR count). The highest BCUT2D eigenvalue weighted by Gasteiger charge is 2.47. The van der Waals surface area contributed by atoms with Crippen molar-refractivity contribution in [2.24, 2.45) is 5.41 Å². The molecule has 0 amide bonds. The van der Waals surface area contributed by atoms with Crippen LogP contribution in [0.3, 0.4) is 0 Å². The Bertz CT molecular complexity index is 660. The summed E-state index contributed by atoms with van der Waals surface area (Å²) >= 11 is 10.7. The third-order valence-electron chi connectivity index (χ3n) is 5.43. The van der Waals surface area contributed by atoms with Crippen LogP contribution < -0.4 is 0 Å². The van der Waals surface area contributed by atoms with Crippen LogP contribution in [0, 0.1) is 15.8 Å². The van der Waals surface area contributed by atoms with Crippen molar-refractivity contribution in [1.29, 1.82) is 0 Å². The van der Waals surface area contributed by atoms with Gasteiger partial charge in [0.25, 0.3) is 0 Å². The second-order valence-corrected chi connectivity index (χ2v) is 10.3. The number of allylic oxidation sites excluding steroid dienone is 4. The smallest absolute Gasteiger partial charge is 0.0583 e. The van der Waals surface area contributed by atoms with Gasteiger partial charge in [0.2, 0.25) is 0 Å². The summed E-state index contributed by atoms with van der Waals surface area (Å²) in [7, 11) is 0. The molecule has 25 heavy (non-hydrogen) atoms. The first-order chi connectivity index (χ1) is 12.3. The molecule has 0 atom stereocenters. The topological polar surface area (TPSA) is 0 Å². The lowest BCUT2D eigenvalue weighted by atomic mass is 9.70. The number of hydrogen-bond acceptors (Lipinski definition) is 0. The standard InChI is InChI=1S/C21H26Br2S2/c22-13-7-3-1-5-11-21(12-6-2-4-8-14-23)17-9-15-24-19(17)20-18(21)10-16-25-20/h9-10H,1-8,11-14H2. The van der Waals surface area contributed by atoms with Gasteiger partial charge in [-0.3, -0.25) is 0 Å². The molecule has 0 aromatic rings. The van der Waals surface area contributed by atoms with E-state index in [0.29, 0.717) is 0 Å². The third-order valence-corrected chi connectivity index (χ3v) is 8.41. The zero-order valence-electron chi connectivity index (χ0n) is 14.7. The van der Waals surface area contributed by atoms with E-state index in [1.54, 1.807) is 11.1 Å². The SMILES string of the molecule is BrCCCCCCC1(CCCCCCBr)C2=CC#SC2=C2S#CC=C21. The minimum absolute atomic E-state index is 0.250. The van der Waals surface area contributed by atoms with E-state index in [2.05, 4.69) is 54.4 Å². The van der Waals surface area contributed by atoms with E-state index in [1.807, 2.05) is 22.3 Å². The molecule has 0 unspecified atom stereocenters. The molecule has 0 radical (unpaired) electrons. The fourth-order valence-electron chi connectivity index (χ4n) is 4.14. The Morgan fingerprint density at radius 1 is 0.680 bits per heavy atom. The molecule has 0 spiro atoms. The highest BCUT2D eigenvalue weighted by molar-refractivity contribution is 9.09. The van der Waals surface area contributed by atoms with Gasteiger partial charge in [-0.05, 0) is 49.0 Å². The van der Waals surface area contributed by atoms with E-state index >= 15 is 0 Å². The Labute approximate surface area is 177 Å². The van der Waals surface area contributed by atoms with Crippen molar-refractivity contribution in [1.82, 2.24) is 0 Å². The Hall–Kier alpha value is 0.180. The molecule has 1 aliphatic carbocycles. The monoisotopic (exact) mass is 500 g/mol. The first-order valence-electron chi connectivity index (χ1n) is 9.46. The van der Waals surface area contributed by atoms with E-state index in [1.165, 1.54) is 74.0 Å². The zero-order chi connectivity index (χ0) is 17.5. The highest BCUT2D eigenvalue weighted by Crippen LogP contribution is 2.61. The number of alkyl halides is 2. The summed E-state index contributed by atoms with van der Waals surface area (Å²) < 4.78 is 0. The Balaban J connectivity index is 1.71. The zero-order valence-corrected chi connectivity index (χ0v) is 19.5. The van der Waals surface area contributed by atoms with Crippen molar-refractivity contribution in [2.45, 2.75) is 64.2 Å². The molecule has 0 aromatic heterocycles. The molecule has 0 saturated heterocycles. The van der Waals surface area contributed by atoms with Crippen LogP contribution in [-0.2, 0) is 0 Å². The molecule has 2 aliphatic heterocycles. The maximum absolute atomic E-state index is 3.56. The first-order valence-corrected chi connectivity index (χ1v) is 13.3. The normalized spacial score (nSPS) is 18.8. The molecule has 136 valence electrons. The fraction of sp³-hybridized carbons (Fsp3) is 0.619. The van der Waals surface area contributed by atoms with Crippen LogP contribution in [0.4, 0.5) is 0 Å². The molecule has 2 heterocycles. The first kappa shape index (κ1) is 19.9. The summed E-state index contributed by atoms with van der Waals surface area (Å²) in [5, 5.41) is 9.13. The Morgan fingerprint density at radius 2 is 1.12 bits per heavy atom. The summed E-state index contributed by atoms with van der Waals surface area (Å²) in [6.07, 6.45) is 17.8. The molecular formula is C21H26Br2S2. The molecule has 0 aromatic carbocycles. The van der Waals surface area contributed by atoms with E-state index < -0.39 is 0 Å². The van der Waals surface area contributed by atoms with Crippen molar-refractivity contribution in [3.8, 4) is 10.4 Å². The number of rotatable bonds is 12. The van der Waals surface area contributed by atoms with Gasteiger partial charge >= 0.3 is 0 Å². The van der Waals surface area contributed by atoms with Gasteiger partial charge in [-0.1, -0.05) is 103 Å². The Kier molecular flexibility index (Phi) is 7.91. The van der Waals surface area contributed by atoms with Gasteiger partial charge in [0.05, 0.1) is 9.81 Å². The summed E-state index contributed by atoms with van der Waals surface area (Å²) in [5.74, 6) is 0. The van der Waals surface area contributed by atoms with Gasteiger partial charge in [-0.25, -0.2) is 0 Å². The largest absolute Gasteiger partial charge is 0.0928 e. The van der Waals surface area contributed by atoms with Crippen LogP contribution >= 0.6 is 54.2 Å². The second-order valence-electron chi connectivity index (χ2n) is 7.00. The lowest BCUT2D eigenvalue weighted by molar-refractivity contribution is 0.351. The minimum Gasteiger partial charge on any atom is -0.0928 e. The highest BCUT2D eigenvalue weighted by atomic mass is 79.9. The van der Waals surface area contributed by atoms with Gasteiger partial charge in [-0.15, -0.1) is 0 Å². The lowest BCUT2D eigenvalue weighted by Gasteiger charge is -2.33. The maximum Gasteiger partial charge on any atom is 0.0583 e. The predicted molar refractivity (Wildman–Crippen MR) is 122 cm³/mol. The number of halogens is 2. The van der Waals surface area contributed by atoms with E-state index in [0.717, 1.165) is 10.7 Å². The summed E-state index contributed by atoms with van der Waals surface area (Å²) in [6.45, 7) is 0. The molecule has 0 fully saturated rings. The van der Waals surface area contributed by atoms with Crippen molar-refractivity contribution in [2.75, 3.05) is 10.7 Å². The molecular weight excluding hydrogens is 476 g/mol. The number of fused-ring (bicyclic) bond motifs is 2.